The molecule has 3 aromatic carbocycles. The lowest BCUT2D eigenvalue weighted by Crippen LogP contribution is -2.26. The van der Waals surface area contributed by atoms with Gasteiger partial charge in [0.15, 0.2) is 0 Å². The number of hydrogen-bond donors (Lipinski definition) is 2. The average Bonchev–Trinajstić information content (AvgIpc) is 3.11. The van der Waals surface area contributed by atoms with Crippen LogP contribution in [-0.4, -0.2) is 24.4 Å². The largest absolute Gasteiger partial charge is 0.449 e. The lowest BCUT2D eigenvalue weighted by Gasteiger charge is -2.14. The molecule has 0 fully saturated rings. The molecule has 1 aliphatic carbocycles. The normalized spacial score (nSPS) is 12.6. The lowest BCUT2D eigenvalue weighted by atomic mass is 9.98. The van der Waals surface area contributed by atoms with Crippen molar-refractivity contribution in [1.82, 2.24) is 5.32 Å². The van der Waals surface area contributed by atoms with Crippen LogP contribution in [-0.2, 0) is 11.3 Å². The highest BCUT2D eigenvalue weighted by atomic mass is 16.5. The zero-order valence-electron chi connectivity index (χ0n) is 17.7. The molecular weight excluding hydrogens is 386 g/mol. The van der Waals surface area contributed by atoms with Crippen LogP contribution in [0.2, 0.25) is 0 Å². The summed E-state index contributed by atoms with van der Waals surface area (Å²) in [5, 5.41) is 12.1. The lowest BCUT2D eigenvalue weighted by molar-refractivity contribution is 0.143. The Hall–Kier alpha value is -3.37. The molecule has 3 aromatic rings. The maximum absolute atomic E-state index is 12.2. The Kier molecular flexibility index (Phi) is 6.48. The van der Waals surface area contributed by atoms with E-state index in [1.165, 1.54) is 22.3 Å². The highest BCUT2D eigenvalue weighted by Crippen LogP contribution is 2.44. The number of fused-ring (bicyclic) bond motifs is 3. The van der Waals surface area contributed by atoms with Crippen molar-refractivity contribution in [2.24, 2.45) is 0 Å². The second-order valence-electron chi connectivity index (χ2n) is 7.79. The van der Waals surface area contributed by atoms with E-state index in [2.05, 4.69) is 29.6 Å². The fraction of sp³-hybridized carbons (Fsp3) is 0.222. The first-order chi connectivity index (χ1) is 15.2. The number of carbonyl (C=O) groups excluding carboxylic acids is 1. The Labute approximate surface area is 183 Å². The number of aliphatic hydroxyl groups is 1. The first kappa shape index (κ1) is 20.9. The van der Waals surface area contributed by atoms with Gasteiger partial charge in [-0.25, -0.2) is 4.79 Å². The van der Waals surface area contributed by atoms with Crippen molar-refractivity contribution in [2.75, 3.05) is 13.2 Å². The van der Waals surface area contributed by atoms with Gasteiger partial charge in [-0.15, -0.1) is 0 Å². The van der Waals surface area contributed by atoms with E-state index >= 15 is 0 Å². The number of hydrogen-bond acceptors (Lipinski definition) is 3. The van der Waals surface area contributed by atoms with E-state index in [1.54, 1.807) is 0 Å². The van der Waals surface area contributed by atoms with Crippen LogP contribution in [0.15, 0.2) is 72.8 Å². The molecule has 0 atom stereocenters. The standard InChI is InChI=1S/C27H27NO3/c1-19-16-20(13-14-21(19)17-29)8-6-7-15-28-27(30)31-18-26-24-11-4-2-9-22(24)23-10-3-5-12-25(23)26/h2-6,8-14,16,26,29H,7,15,17-18H2,1H3,(H,28,30). The maximum Gasteiger partial charge on any atom is 0.407 e. The fourth-order valence-electron chi connectivity index (χ4n) is 4.13. The van der Waals surface area contributed by atoms with E-state index in [9.17, 15) is 9.90 Å². The van der Waals surface area contributed by atoms with E-state index in [-0.39, 0.29) is 12.5 Å². The zero-order valence-corrected chi connectivity index (χ0v) is 17.7. The second-order valence-corrected chi connectivity index (χ2v) is 7.79. The van der Waals surface area contributed by atoms with Crippen molar-refractivity contribution in [1.29, 1.82) is 0 Å². The van der Waals surface area contributed by atoms with Gasteiger partial charge in [0.2, 0.25) is 0 Å². The van der Waals surface area contributed by atoms with Gasteiger partial charge in [0.1, 0.15) is 6.61 Å². The number of aryl methyl sites for hydroxylation is 1. The van der Waals surface area contributed by atoms with Crippen LogP contribution in [0.4, 0.5) is 4.79 Å². The van der Waals surface area contributed by atoms with Crippen LogP contribution in [0, 0.1) is 6.92 Å². The van der Waals surface area contributed by atoms with E-state index in [1.807, 2.05) is 61.5 Å². The van der Waals surface area contributed by atoms with E-state index in [0.717, 1.165) is 16.7 Å². The van der Waals surface area contributed by atoms with Crippen LogP contribution in [0.1, 0.15) is 40.2 Å². The molecule has 0 saturated heterocycles. The average molecular weight is 414 g/mol. The van der Waals surface area contributed by atoms with E-state index in [0.29, 0.717) is 19.6 Å². The molecule has 0 aliphatic heterocycles. The molecule has 0 heterocycles. The molecule has 0 saturated carbocycles. The third kappa shape index (κ3) is 4.70. The molecule has 1 aliphatic rings. The third-order valence-corrected chi connectivity index (χ3v) is 5.77. The Morgan fingerprint density at radius 3 is 2.35 bits per heavy atom. The quantitative estimate of drug-likeness (QED) is 0.508. The van der Waals surface area contributed by atoms with Gasteiger partial charge in [-0.2, -0.15) is 0 Å². The van der Waals surface area contributed by atoms with Gasteiger partial charge >= 0.3 is 6.09 Å². The number of carbonyl (C=O) groups is 1. The van der Waals surface area contributed by atoms with E-state index in [4.69, 9.17) is 4.74 Å². The Morgan fingerprint density at radius 2 is 1.71 bits per heavy atom. The van der Waals surface area contributed by atoms with E-state index < -0.39 is 6.09 Å². The van der Waals surface area contributed by atoms with Gasteiger partial charge in [-0.1, -0.05) is 78.9 Å². The Morgan fingerprint density at radius 1 is 1.03 bits per heavy atom. The zero-order chi connectivity index (χ0) is 21.6. The van der Waals surface area contributed by atoms with Gasteiger partial charge in [-0.3, -0.25) is 0 Å². The number of rotatable bonds is 7. The van der Waals surface area contributed by atoms with Crippen molar-refractivity contribution in [3.63, 3.8) is 0 Å². The molecule has 1 amide bonds. The van der Waals surface area contributed by atoms with Gasteiger partial charge in [0.25, 0.3) is 0 Å². The van der Waals surface area contributed by atoms with Crippen molar-refractivity contribution in [2.45, 2.75) is 25.9 Å². The summed E-state index contributed by atoms with van der Waals surface area (Å²) in [5.74, 6) is 0.0724. The first-order valence-electron chi connectivity index (χ1n) is 10.6. The number of ether oxygens (including phenoxy) is 1. The summed E-state index contributed by atoms with van der Waals surface area (Å²) in [4.78, 5) is 12.2. The van der Waals surface area contributed by atoms with Gasteiger partial charge < -0.3 is 15.2 Å². The minimum Gasteiger partial charge on any atom is -0.449 e. The molecule has 0 bridgehead atoms. The third-order valence-electron chi connectivity index (χ3n) is 5.77. The molecule has 4 nitrogen and oxygen atoms in total. The molecule has 31 heavy (non-hydrogen) atoms. The monoisotopic (exact) mass is 413 g/mol. The van der Waals surface area contributed by atoms with Gasteiger partial charge in [-0.05, 0) is 52.3 Å². The maximum atomic E-state index is 12.2. The van der Waals surface area contributed by atoms with Crippen LogP contribution < -0.4 is 5.32 Å². The molecule has 4 rings (SSSR count). The predicted molar refractivity (Wildman–Crippen MR) is 124 cm³/mol. The van der Waals surface area contributed by atoms with Crippen LogP contribution in [0.5, 0.6) is 0 Å². The van der Waals surface area contributed by atoms with Crippen molar-refractivity contribution in [3.8, 4) is 11.1 Å². The number of nitrogens with one attached hydrogen (secondary N) is 1. The SMILES string of the molecule is Cc1cc(C=CCCNC(=O)OCC2c3ccccc3-c3ccccc32)ccc1CO. The molecule has 4 heteroatoms. The van der Waals surface area contributed by atoms with Gasteiger partial charge in [0.05, 0.1) is 6.61 Å². The second kappa shape index (κ2) is 9.63. The van der Waals surface area contributed by atoms with Crippen LogP contribution >= 0.6 is 0 Å². The number of alkyl carbamates (subject to hydrolysis) is 1. The molecule has 0 unspecified atom stereocenters. The highest BCUT2D eigenvalue weighted by molar-refractivity contribution is 5.79. The molecular formula is C27H27NO3. The molecule has 0 spiro atoms. The number of aliphatic hydroxyl groups excluding tert-OH is 1. The summed E-state index contributed by atoms with van der Waals surface area (Å²) >= 11 is 0. The summed E-state index contributed by atoms with van der Waals surface area (Å²) in [5.41, 5.74) is 7.95. The summed E-state index contributed by atoms with van der Waals surface area (Å²) < 4.78 is 5.55. The minimum atomic E-state index is -0.390. The van der Waals surface area contributed by atoms with Crippen molar-refractivity contribution >= 4 is 12.2 Å². The fourth-order valence-corrected chi connectivity index (χ4v) is 4.13. The van der Waals surface area contributed by atoms with Crippen LogP contribution in [0.25, 0.3) is 17.2 Å². The molecule has 158 valence electrons. The first-order valence-corrected chi connectivity index (χ1v) is 10.6. The highest BCUT2D eigenvalue weighted by Gasteiger charge is 2.28. The topological polar surface area (TPSA) is 58.6 Å². The predicted octanol–water partition coefficient (Wildman–Crippen LogP) is 5.43. The molecule has 0 aromatic heterocycles. The smallest absolute Gasteiger partial charge is 0.407 e. The Bertz CT molecular complexity index is 1060. The Balaban J connectivity index is 1.26. The summed E-state index contributed by atoms with van der Waals surface area (Å²) in [7, 11) is 0. The molecule has 0 radical (unpaired) electrons. The van der Waals surface area contributed by atoms with Crippen molar-refractivity contribution < 1.29 is 14.6 Å². The number of amides is 1. The summed E-state index contributed by atoms with van der Waals surface area (Å²) in [6.07, 6.45) is 4.37. The van der Waals surface area contributed by atoms with Gasteiger partial charge in [0, 0.05) is 12.5 Å². The number of benzene rings is 3. The minimum absolute atomic E-state index is 0.0554. The van der Waals surface area contributed by atoms with Crippen molar-refractivity contribution in [3.05, 3.63) is 101 Å². The summed E-state index contributed by atoms with van der Waals surface area (Å²) in [6.45, 7) is 2.88. The van der Waals surface area contributed by atoms with Crippen LogP contribution in [0.3, 0.4) is 0 Å². The summed E-state index contributed by atoms with van der Waals surface area (Å²) in [6, 6.07) is 22.6. The molecule has 2 N–H and O–H groups in total.